The van der Waals surface area contributed by atoms with Crippen LogP contribution in [-0.4, -0.2) is 52.3 Å². The molecule has 1 saturated heterocycles. The Morgan fingerprint density at radius 3 is 2.88 bits per heavy atom. The van der Waals surface area contributed by atoms with Gasteiger partial charge in [0.25, 0.3) is 0 Å². The van der Waals surface area contributed by atoms with Crippen LogP contribution in [0.4, 0.5) is 0 Å². The molecule has 3 aromatic heterocycles. The summed E-state index contributed by atoms with van der Waals surface area (Å²) in [6, 6.07) is 3.65. The van der Waals surface area contributed by atoms with Crippen molar-refractivity contribution in [3.05, 3.63) is 40.3 Å². The third-order valence-electron chi connectivity index (χ3n) is 5.09. The van der Waals surface area contributed by atoms with Crippen LogP contribution in [0, 0.1) is 12.8 Å². The number of thiophene rings is 1. The van der Waals surface area contributed by atoms with Crippen LogP contribution in [0.25, 0.3) is 11.0 Å². The van der Waals surface area contributed by atoms with Crippen molar-refractivity contribution in [2.75, 3.05) is 19.7 Å². The number of rotatable bonds is 4. The van der Waals surface area contributed by atoms with Crippen molar-refractivity contribution < 1.29 is 13.5 Å². The molecule has 138 valence electrons. The third-order valence-corrected chi connectivity index (χ3v) is 7.59. The van der Waals surface area contributed by atoms with Gasteiger partial charge in [0.05, 0.1) is 5.69 Å². The highest BCUT2D eigenvalue weighted by Crippen LogP contribution is 2.36. The van der Waals surface area contributed by atoms with Gasteiger partial charge in [0.15, 0.2) is 5.65 Å². The number of aryl methyl sites for hydroxylation is 2. The average molecular weight is 393 g/mol. The van der Waals surface area contributed by atoms with E-state index in [0.717, 1.165) is 16.6 Å². The van der Waals surface area contributed by atoms with Gasteiger partial charge in [-0.3, -0.25) is 4.68 Å². The van der Waals surface area contributed by atoms with Gasteiger partial charge >= 0.3 is 0 Å². The molecule has 2 atom stereocenters. The zero-order valence-electron chi connectivity index (χ0n) is 14.5. The average Bonchev–Trinajstić information content (AvgIpc) is 3.34. The summed E-state index contributed by atoms with van der Waals surface area (Å²) >= 11 is 1.58. The number of hydrogen-bond acceptors (Lipinski definition) is 6. The molecular formula is C17H20N4O3S2. The van der Waals surface area contributed by atoms with E-state index in [9.17, 15) is 13.5 Å². The van der Waals surface area contributed by atoms with E-state index < -0.39 is 10.0 Å². The van der Waals surface area contributed by atoms with E-state index in [1.54, 1.807) is 29.1 Å². The molecule has 1 N–H and O–H groups in total. The van der Waals surface area contributed by atoms with Crippen LogP contribution in [0.5, 0.6) is 0 Å². The van der Waals surface area contributed by atoms with Crippen molar-refractivity contribution in [3.63, 3.8) is 0 Å². The Hall–Kier alpha value is -1.81. The molecular weight excluding hydrogens is 372 g/mol. The van der Waals surface area contributed by atoms with Crippen LogP contribution in [0.3, 0.4) is 0 Å². The topological polar surface area (TPSA) is 88.3 Å². The lowest BCUT2D eigenvalue weighted by atomic mass is 9.92. The lowest BCUT2D eigenvalue weighted by Gasteiger charge is -2.16. The van der Waals surface area contributed by atoms with Gasteiger partial charge in [-0.15, -0.1) is 0 Å². The Morgan fingerprint density at radius 2 is 2.19 bits per heavy atom. The molecule has 1 fully saturated rings. The van der Waals surface area contributed by atoms with Crippen molar-refractivity contribution >= 4 is 32.4 Å². The van der Waals surface area contributed by atoms with E-state index in [4.69, 9.17) is 0 Å². The van der Waals surface area contributed by atoms with Crippen molar-refractivity contribution in [3.8, 4) is 0 Å². The summed E-state index contributed by atoms with van der Waals surface area (Å²) in [5, 5.41) is 18.8. The molecule has 0 saturated carbocycles. The zero-order chi connectivity index (χ0) is 18.5. The summed E-state index contributed by atoms with van der Waals surface area (Å²) in [4.78, 5) is 4.46. The standard InChI is InChI=1S/C17H20N4O3S2/c1-11-15-5-14(6-18-17(15)20(2)19-11)26(23,24)21-7-13(9-22)16(8-21)12-3-4-25-10-12/h3-6,10,13,16,22H,7-9H2,1-2H3/t13-,16-/m1/s1. The molecule has 0 radical (unpaired) electrons. The molecule has 9 heteroatoms. The largest absolute Gasteiger partial charge is 0.396 e. The lowest BCUT2D eigenvalue weighted by Crippen LogP contribution is -2.29. The number of aliphatic hydroxyl groups excluding tert-OH is 1. The fraction of sp³-hybridized carbons (Fsp3) is 0.412. The normalized spacial score (nSPS) is 21.7. The fourth-order valence-electron chi connectivity index (χ4n) is 3.66. The number of sulfonamides is 1. The highest BCUT2D eigenvalue weighted by Gasteiger charge is 2.40. The van der Waals surface area contributed by atoms with E-state index >= 15 is 0 Å². The summed E-state index contributed by atoms with van der Waals surface area (Å²) < 4.78 is 29.4. The Bertz CT molecular complexity index is 1040. The number of aliphatic hydroxyl groups is 1. The van der Waals surface area contributed by atoms with Gasteiger partial charge in [0, 0.05) is 50.2 Å². The van der Waals surface area contributed by atoms with Gasteiger partial charge in [0.1, 0.15) is 4.90 Å². The number of pyridine rings is 1. The first-order valence-corrected chi connectivity index (χ1v) is 10.7. The Kier molecular flexibility index (Phi) is 4.34. The quantitative estimate of drug-likeness (QED) is 0.731. The summed E-state index contributed by atoms with van der Waals surface area (Å²) in [5.41, 5.74) is 2.49. The molecule has 0 spiro atoms. The summed E-state index contributed by atoms with van der Waals surface area (Å²) in [6.07, 6.45) is 1.39. The summed E-state index contributed by atoms with van der Waals surface area (Å²) in [5.74, 6) is -0.0889. The number of hydrogen-bond donors (Lipinski definition) is 1. The van der Waals surface area contributed by atoms with Crippen LogP contribution in [0.2, 0.25) is 0 Å². The second kappa shape index (κ2) is 6.41. The maximum absolute atomic E-state index is 13.2. The molecule has 4 rings (SSSR count). The fourth-order valence-corrected chi connectivity index (χ4v) is 5.88. The Balaban J connectivity index is 1.69. The molecule has 0 unspecified atom stereocenters. The van der Waals surface area contributed by atoms with Gasteiger partial charge in [-0.2, -0.15) is 20.7 Å². The van der Waals surface area contributed by atoms with Crippen LogP contribution in [0.15, 0.2) is 34.0 Å². The van der Waals surface area contributed by atoms with Gasteiger partial charge in [-0.25, -0.2) is 13.4 Å². The van der Waals surface area contributed by atoms with Crippen molar-refractivity contribution in [1.82, 2.24) is 19.1 Å². The smallest absolute Gasteiger partial charge is 0.244 e. The number of fused-ring (bicyclic) bond motifs is 1. The molecule has 0 amide bonds. The van der Waals surface area contributed by atoms with Crippen molar-refractivity contribution in [2.24, 2.45) is 13.0 Å². The summed E-state index contributed by atoms with van der Waals surface area (Å²) in [7, 11) is -1.89. The maximum Gasteiger partial charge on any atom is 0.244 e. The number of aromatic nitrogens is 3. The molecule has 1 aliphatic rings. The predicted octanol–water partition coefficient (Wildman–Crippen LogP) is 1.73. The van der Waals surface area contributed by atoms with Crippen LogP contribution in [0.1, 0.15) is 17.2 Å². The minimum absolute atomic E-state index is 0.0119. The molecule has 26 heavy (non-hydrogen) atoms. The Morgan fingerprint density at radius 1 is 1.38 bits per heavy atom. The van der Waals surface area contributed by atoms with E-state index in [1.165, 1.54) is 10.5 Å². The van der Waals surface area contributed by atoms with E-state index in [0.29, 0.717) is 18.7 Å². The van der Waals surface area contributed by atoms with Crippen LogP contribution >= 0.6 is 11.3 Å². The van der Waals surface area contributed by atoms with E-state index in [-0.39, 0.29) is 23.3 Å². The first kappa shape index (κ1) is 17.6. The first-order chi connectivity index (χ1) is 12.4. The van der Waals surface area contributed by atoms with Gasteiger partial charge < -0.3 is 5.11 Å². The highest BCUT2D eigenvalue weighted by atomic mass is 32.2. The summed E-state index contributed by atoms with van der Waals surface area (Å²) in [6.45, 7) is 2.48. The lowest BCUT2D eigenvalue weighted by molar-refractivity contribution is 0.223. The first-order valence-electron chi connectivity index (χ1n) is 8.34. The van der Waals surface area contributed by atoms with Crippen molar-refractivity contribution in [2.45, 2.75) is 17.7 Å². The molecule has 0 aliphatic carbocycles. The second-order valence-electron chi connectivity index (χ2n) is 6.68. The Labute approximate surface area is 156 Å². The van der Waals surface area contributed by atoms with Crippen LogP contribution < -0.4 is 0 Å². The molecule has 0 aromatic carbocycles. The molecule has 1 aliphatic heterocycles. The van der Waals surface area contributed by atoms with Crippen LogP contribution in [-0.2, 0) is 17.1 Å². The maximum atomic E-state index is 13.2. The highest BCUT2D eigenvalue weighted by molar-refractivity contribution is 7.89. The molecule has 4 heterocycles. The third kappa shape index (κ3) is 2.75. The molecule has 7 nitrogen and oxygen atoms in total. The SMILES string of the molecule is Cc1nn(C)c2ncc(S(=O)(=O)N3C[C@H](CO)[C@@H](c4ccsc4)C3)cc12. The van der Waals surface area contributed by atoms with Gasteiger partial charge in [0.2, 0.25) is 10.0 Å². The zero-order valence-corrected chi connectivity index (χ0v) is 16.2. The van der Waals surface area contributed by atoms with Gasteiger partial charge in [-0.05, 0) is 35.4 Å². The van der Waals surface area contributed by atoms with E-state index in [2.05, 4.69) is 10.1 Å². The van der Waals surface area contributed by atoms with Crippen molar-refractivity contribution in [1.29, 1.82) is 0 Å². The predicted molar refractivity (Wildman–Crippen MR) is 99.6 cm³/mol. The minimum atomic E-state index is -3.68. The molecule has 0 bridgehead atoms. The number of nitrogens with zero attached hydrogens (tertiary/aromatic N) is 4. The monoisotopic (exact) mass is 392 g/mol. The second-order valence-corrected chi connectivity index (χ2v) is 9.40. The van der Waals surface area contributed by atoms with Gasteiger partial charge in [-0.1, -0.05) is 0 Å². The van der Waals surface area contributed by atoms with E-state index in [1.807, 2.05) is 23.8 Å². The minimum Gasteiger partial charge on any atom is -0.396 e. The molecule has 3 aromatic rings.